The Bertz CT molecular complexity index is 848. The highest BCUT2D eigenvalue weighted by atomic mass is 35.5. The first-order chi connectivity index (χ1) is 10.0. The lowest BCUT2D eigenvalue weighted by molar-refractivity contribution is -0.384. The molecule has 0 unspecified atom stereocenters. The molecular formula is C14H7Cl2N3O2. The summed E-state index contributed by atoms with van der Waals surface area (Å²) >= 11 is 11.6. The second-order valence-electron chi connectivity index (χ2n) is 4.32. The monoisotopic (exact) mass is 319 g/mol. The van der Waals surface area contributed by atoms with Crippen molar-refractivity contribution < 1.29 is 4.92 Å². The number of halogens is 2. The molecule has 7 heteroatoms. The molecule has 5 nitrogen and oxygen atoms in total. The summed E-state index contributed by atoms with van der Waals surface area (Å²) in [5.41, 5.74) is 0.613. The minimum absolute atomic E-state index is 0.0556. The summed E-state index contributed by atoms with van der Waals surface area (Å²) in [5.74, 6) is 0. The molecule has 21 heavy (non-hydrogen) atoms. The molecule has 0 bridgehead atoms. The van der Waals surface area contributed by atoms with E-state index in [1.807, 2.05) is 24.3 Å². The number of nitro benzene ring substituents is 1. The molecule has 3 aromatic rings. The summed E-state index contributed by atoms with van der Waals surface area (Å²) in [6.45, 7) is 0. The molecule has 0 spiro atoms. The topological polar surface area (TPSA) is 68.9 Å². The first kappa shape index (κ1) is 13.7. The summed E-state index contributed by atoms with van der Waals surface area (Å²) in [7, 11) is 0. The number of aromatic nitrogens is 2. The lowest BCUT2D eigenvalue weighted by atomic mass is 10.0. The highest BCUT2D eigenvalue weighted by Gasteiger charge is 2.18. The van der Waals surface area contributed by atoms with Crippen LogP contribution in [0.2, 0.25) is 10.4 Å². The minimum Gasteiger partial charge on any atom is -0.258 e. The van der Waals surface area contributed by atoms with Gasteiger partial charge in [-0.2, -0.15) is 0 Å². The van der Waals surface area contributed by atoms with E-state index in [0.717, 1.165) is 10.8 Å². The van der Waals surface area contributed by atoms with Crippen molar-refractivity contribution in [1.82, 2.24) is 9.97 Å². The normalized spacial score (nSPS) is 10.8. The Morgan fingerprint density at radius 2 is 1.67 bits per heavy atom. The highest BCUT2D eigenvalue weighted by Crippen LogP contribution is 2.34. The third-order valence-electron chi connectivity index (χ3n) is 3.00. The molecule has 104 valence electrons. The van der Waals surface area contributed by atoms with Gasteiger partial charge in [0.1, 0.15) is 5.15 Å². The number of benzene rings is 2. The second-order valence-corrected chi connectivity index (χ2v) is 5.04. The second kappa shape index (κ2) is 5.27. The van der Waals surface area contributed by atoms with Crippen molar-refractivity contribution in [3.8, 4) is 11.3 Å². The lowest BCUT2D eigenvalue weighted by Gasteiger charge is -2.06. The van der Waals surface area contributed by atoms with Gasteiger partial charge in [-0.1, -0.05) is 35.9 Å². The Hall–Kier alpha value is -2.24. The summed E-state index contributed by atoms with van der Waals surface area (Å²) in [4.78, 5) is 18.6. The van der Waals surface area contributed by atoms with Crippen molar-refractivity contribution in [1.29, 1.82) is 0 Å². The van der Waals surface area contributed by atoms with Crippen LogP contribution in [0.5, 0.6) is 0 Å². The molecule has 0 fully saturated rings. The SMILES string of the molecule is O=[N+]([O-])c1cc2ccccc2cc1-c1cc(Cl)nc(Cl)n1. The van der Waals surface area contributed by atoms with Gasteiger partial charge in [-0.15, -0.1) is 0 Å². The van der Waals surface area contributed by atoms with Gasteiger partial charge in [0, 0.05) is 12.1 Å². The number of nitrogens with zero attached hydrogens (tertiary/aromatic N) is 3. The van der Waals surface area contributed by atoms with Crippen molar-refractivity contribution in [3.05, 3.63) is 63.0 Å². The van der Waals surface area contributed by atoms with Crippen molar-refractivity contribution in [2.75, 3.05) is 0 Å². The summed E-state index contributed by atoms with van der Waals surface area (Å²) in [6, 6.07) is 12.0. The molecule has 3 rings (SSSR count). The quantitative estimate of drug-likeness (QED) is 0.301. The molecular weight excluding hydrogens is 313 g/mol. The van der Waals surface area contributed by atoms with E-state index < -0.39 is 4.92 Å². The Balaban J connectivity index is 2.33. The third-order valence-corrected chi connectivity index (χ3v) is 3.37. The predicted octanol–water partition coefficient (Wildman–Crippen LogP) is 4.51. The maximum Gasteiger partial charge on any atom is 0.279 e. The van der Waals surface area contributed by atoms with E-state index in [1.165, 1.54) is 12.1 Å². The van der Waals surface area contributed by atoms with Crippen LogP contribution in [0, 0.1) is 10.1 Å². The summed E-state index contributed by atoms with van der Waals surface area (Å²) in [6.07, 6.45) is 0. The first-order valence-electron chi connectivity index (χ1n) is 5.92. The van der Waals surface area contributed by atoms with E-state index >= 15 is 0 Å². The molecule has 0 N–H and O–H groups in total. The van der Waals surface area contributed by atoms with Gasteiger partial charge in [-0.25, -0.2) is 9.97 Å². The fraction of sp³-hybridized carbons (Fsp3) is 0. The summed E-state index contributed by atoms with van der Waals surface area (Å²) in [5, 5.41) is 13.0. The Morgan fingerprint density at radius 3 is 2.29 bits per heavy atom. The van der Waals surface area contributed by atoms with Gasteiger partial charge in [0.05, 0.1) is 16.2 Å². The molecule has 1 aromatic heterocycles. The van der Waals surface area contributed by atoms with Crippen LogP contribution in [0.15, 0.2) is 42.5 Å². The van der Waals surface area contributed by atoms with E-state index in [4.69, 9.17) is 23.2 Å². The molecule has 0 aliphatic carbocycles. The maximum atomic E-state index is 11.3. The van der Waals surface area contributed by atoms with E-state index in [-0.39, 0.29) is 16.1 Å². The molecule has 0 saturated carbocycles. The zero-order valence-electron chi connectivity index (χ0n) is 10.5. The van der Waals surface area contributed by atoms with Crippen LogP contribution in [0.4, 0.5) is 5.69 Å². The van der Waals surface area contributed by atoms with Crippen LogP contribution >= 0.6 is 23.2 Å². The minimum atomic E-state index is -0.453. The zero-order chi connectivity index (χ0) is 15.0. The average molecular weight is 320 g/mol. The van der Waals surface area contributed by atoms with Crippen molar-refractivity contribution >= 4 is 39.7 Å². The van der Waals surface area contributed by atoms with Crippen molar-refractivity contribution in [2.24, 2.45) is 0 Å². The van der Waals surface area contributed by atoms with Crippen LogP contribution in [-0.2, 0) is 0 Å². The van der Waals surface area contributed by atoms with E-state index in [0.29, 0.717) is 11.3 Å². The molecule has 0 aliphatic heterocycles. The van der Waals surface area contributed by atoms with Crippen LogP contribution in [0.1, 0.15) is 0 Å². The Morgan fingerprint density at radius 1 is 1.00 bits per heavy atom. The fourth-order valence-corrected chi connectivity index (χ4v) is 2.52. The largest absolute Gasteiger partial charge is 0.279 e. The lowest BCUT2D eigenvalue weighted by Crippen LogP contribution is -1.95. The van der Waals surface area contributed by atoms with E-state index in [2.05, 4.69) is 9.97 Å². The fourth-order valence-electron chi connectivity index (χ4n) is 2.11. The third kappa shape index (κ3) is 2.66. The number of hydrogen-bond donors (Lipinski definition) is 0. The van der Waals surface area contributed by atoms with Crippen LogP contribution in [0.25, 0.3) is 22.0 Å². The van der Waals surface area contributed by atoms with Gasteiger partial charge in [-0.3, -0.25) is 10.1 Å². The van der Waals surface area contributed by atoms with E-state index in [9.17, 15) is 10.1 Å². The van der Waals surface area contributed by atoms with Gasteiger partial charge in [0.25, 0.3) is 5.69 Å². The summed E-state index contributed by atoms with van der Waals surface area (Å²) < 4.78 is 0. The highest BCUT2D eigenvalue weighted by molar-refractivity contribution is 6.32. The predicted molar refractivity (Wildman–Crippen MR) is 81.6 cm³/mol. The number of nitro groups is 1. The van der Waals surface area contributed by atoms with Crippen LogP contribution in [-0.4, -0.2) is 14.9 Å². The van der Waals surface area contributed by atoms with Crippen molar-refractivity contribution in [2.45, 2.75) is 0 Å². The Kier molecular flexibility index (Phi) is 3.45. The van der Waals surface area contributed by atoms with Gasteiger partial charge in [0.15, 0.2) is 0 Å². The maximum absolute atomic E-state index is 11.3. The van der Waals surface area contributed by atoms with Gasteiger partial charge in [0.2, 0.25) is 5.28 Å². The molecule has 0 amide bonds. The van der Waals surface area contributed by atoms with Crippen molar-refractivity contribution in [3.63, 3.8) is 0 Å². The molecule has 1 heterocycles. The number of fused-ring (bicyclic) bond motifs is 1. The molecule has 0 aliphatic rings. The zero-order valence-corrected chi connectivity index (χ0v) is 12.0. The molecule has 0 radical (unpaired) electrons. The average Bonchev–Trinajstić information content (AvgIpc) is 2.44. The van der Waals surface area contributed by atoms with E-state index in [1.54, 1.807) is 6.07 Å². The van der Waals surface area contributed by atoms with Crippen LogP contribution < -0.4 is 0 Å². The Labute approximate surface area is 129 Å². The standard InChI is InChI=1S/C14H7Cl2N3O2/c15-13-7-11(17-14(16)18-13)10-5-8-3-1-2-4-9(8)6-12(10)19(20)21/h1-7H. The molecule has 2 aromatic carbocycles. The van der Waals surface area contributed by atoms with Gasteiger partial charge >= 0.3 is 0 Å². The van der Waals surface area contributed by atoms with Crippen LogP contribution in [0.3, 0.4) is 0 Å². The number of hydrogen-bond acceptors (Lipinski definition) is 4. The van der Waals surface area contributed by atoms with Gasteiger partial charge in [-0.05, 0) is 28.4 Å². The smallest absolute Gasteiger partial charge is 0.258 e. The first-order valence-corrected chi connectivity index (χ1v) is 6.68. The number of rotatable bonds is 2. The molecule has 0 saturated heterocycles. The molecule has 0 atom stereocenters. The van der Waals surface area contributed by atoms with Gasteiger partial charge < -0.3 is 0 Å².